The van der Waals surface area contributed by atoms with Gasteiger partial charge in [0, 0.05) is 6.66 Å². The Morgan fingerprint density at radius 3 is 2.46 bits per heavy atom. The molecule has 0 heterocycles. The van der Waals surface area contributed by atoms with Gasteiger partial charge in [0.1, 0.15) is 0 Å². The Labute approximate surface area is 80.4 Å². The fourth-order valence-electron chi connectivity index (χ4n) is 1.14. The first kappa shape index (κ1) is 13.1. The normalized spacial score (nSPS) is 18.2. The molecule has 13 heavy (non-hydrogen) atoms. The standard InChI is InChI=1S/C9H20FO2P/c1-4-6-7-9(5-2)8-12-13(3,10)11/h9H,4-8H2,1-3H3. The minimum Gasteiger partial charge on any atom is -0.305 e. The summed E-state index contributed by atoms with van der Waals surface area (Å²) in [6.45, 7) is 5.47. The lowest BCUT2D eigenvalue weighted by Gasteiger charge is -2.14. The summed E-state index contributed by atoms with van der Waals surface area (Å²) < 4.78 is 27.8. The van der Waals surface area contributed by atoms with E-state index in [0.29, 0.717) is 12.5 Å². The zero-order valence-electron chi connectivity index (χ0n) is 8.75. The average molecular weight is 210 g/mol. The molecule has 0 aliphatic carbocycles. The van der Waals surface area contributed by atoms with E-state index in [9.17, 15) is 8.76 Å². The van der Waals surface area contributed by atoms with Crippen LogP contribution in [0.3, 0.4) is 0 Å². The zero-order valence-corrected chi connectivity index (χ0v) is 9.65. The van der Waals surface area contributed by atoms with E-state index >= 15 is 0 Å². The Hall–Kier alpha value is 0.120. The van der Waals surface area contributed by atoms with Gasteiger partial charge < -0.3 is 4.52 Å². The molecule has 0 bridgehead atoms. The maximum Gasteiger partial charge on any atom is 0.364 e. The van der Waals surface area contributed by atoms with Crippen LogP contribution in [0.25, 0.3) is 0 Å². The van der Waals surface area contributed by atoms with Crippen LogP contribution in [0, 0.1) is 5.92 Å². The fourth-order valence-corrected chi connectivity index (χ4v) is 1.61. The van der Waals surface area contributed by atoms with Gasteiger partial charge in [-0.1, -0.05) is 33.1 Å². The van der Waals surface area contributed by atoms with E-state index in [4.69, 9.17) is 0 Å². The largest absolute Gasteiger partial charge is 0.364 e. The highest BCUT2D eigenvalue weighted by molar-refractivity contribution is 7.52. The van der Waals surface area contributed by atoms with Crippen LogP contribution >= 0.6 is 7.68 Å². The first-order valence-corrected chi connectivity index (χ1v) is 6.87. The average Bonchev–Trinajstić information content (AvgIpc) is 2.03. The monoisotopic (exact) mass is 210 g/mol. The third-order valence-electron chi connectivity index (χ3n) is 2.08. The maximum absolute atomic E-state index is 12.5. The molecule has 0 saturated heterocycles. The number of halogens is 1. The lowest BCUT2D eigenvalue weighted by atomic mass is 10.0. The summed E-state index contributed by atoms with van der Waals surface area (Å²) >= 11 is 0. The van der Waals surface area contributed by atoms with Gasteiger partial charge in [0.2, 0.25) is 0 Å². The van der Waals surface area contributed by atoms with Crippen LogP contribution < -0.4 is 0 Å². The summed E-state index contributed by atoms with van der Waals surface area (Å²) in [4.78, 5) is 0. The van der Waals surface area contributed by atoms with Crippen molar-refractivity contribution in [3.8, 4) is 0 Å². The highest BCUT2D eigenvalue weighted by Gasteiger charge is 2.15. The van der Waals surface area contributed by atoms with E-state index < -0.39 is 7.68 Å². The fraction of sp³-hybridized carbons (Fsp3) is 1.00. The summed E-state index contributed by atoms with van der Waals surface area (Å²) in [7, 11) is -3.76. The molecule has 2 nitrogen and oxygen atoms in total. The summed E-state index contributed by atoms with van der Waals surface area (Å²) in [5, 5.41) is 0. The van der Waals surface area contributed by atoms with E-state index in [0.717, 1.165) is 32.3 Å². The number of hydrogen-bond acceptors (Lipinski definition) is 2. The second-order valence-corrected chi connectivity index (χ2v) is 5.21. The van der Waals surface area contributed by atoms with Gasteiger partial charge in [-0.3, -0.25) is 4.57 Å². The Balaban J connectivity index is 3.65. The second-order valence-electron chi connectivity index (χ2n) is 3.46. The Kier molecular flexibility index (Phi) is 6.62. The molecule has 0 aromatic heterocycles. The highest BCUT2D eigenvalue weighted by Crippen LogP contribution is 2.44. The Morgan fingerprint density at radius 2 is 2.08 bits per heavy atom. The molecular formula is C9H20FO2P. The van der Waals surface area contributed by atoms with E-state index in [1.54, 1.807) is 0 Å². The molecule has 0 aliphatic heterocycles. The first-order chi connectivity index (χ1) is 5.99. The number of unbranched alkanes of at least 4 members (excludes halogenated alkanes) is 1. The van der Waals surface area contributed by atoms with Crippen molar-refractivity contribution in [2.24, 2.45) is 5.92 Å². The minimum atomic E-state index is -3.76. The predicted molar refractivity (Wildman–Crippen MR) is 53.9 cm³/mol. The van der Waals surface area contributed by atoms with Crippen molar-refractivity contribution in [2.75, 3.05) is 13.3 Å². The van der Waals surface area contributed by atoms with Crippen LogP contribution in [-0.4, -0.2) is 13.3 Å². The van der Waals surface area contributed by atoms with Crippen LogP contribution in [0.5, 0.6) is 0 Å². The van der Waals surface area contributed by atoms with Gasteiger partial charge in [-0.05, 0) is 12.3 Å². The molecule has 80 valence electrons. The van der Waals surface area contributed by atoms with E-state index in [1.807, 2.05) is 6.92 Å². The molecule has 0 aromatic carbocycles. The molecular weight excluding hydrogens is 190 g/mol. The van der Waals surface area contributed by atoms with Crippen LogP contribution in [0.2, 0.25) is 0 Å². The van der Waals surface area contributed by atoms with Crippen LogP contribution in [0.4, 0.5) is 4.20 Å². The van der Waals surface area contributed by atoms with Crippen molar-refractivity contribution in [1.29, 1.82) is 0 Å². The smallest absolute Gasteiger partial charge is 0.305 e. The molecule has 0 N–H and O–H groups in total. The Bertz CT molecular complexity index is 167. The lowest BCUT2D eigenvalue weighted by Crippen LogP contribution is -2.06. The Morgan fingerprint density at radius 1 is 1.46 bits per heavy atom. The van der Waals surface area contributed by atoms with Crippen molar-refractivity contribution in [1.82, 2.24) is 0 Å². The van der Waals surface area contributed by atoms with Crippen LogP contribution in [0.1, 0.15) is 39.5 Å². The minimum absolute atomic E-state index is 0.292. The first-order valence-electron chi connectivity index (χ1n) is 4.91. The van der Waals surface area contributed by atoms with E-state index in [1.165, 1.54) is 0 Å². The SMILES string of the molecule is CCCCC(CC)COP(C)(=O)F. The summed E-state index contributed by atoms with van der Waals surface area (Å²) in [6, 6.07) is 0. The molecule has 0 amide bonds. The molecule has 0 spiro atoms. The van der Waals surface area contributed by atoms with Gasteiger partial charge in [-0.15, -0.1) is 0 Å². The molecule has 0 fully saturated rings. The molecule has 0 saturated carbocycles. The summed E-state index contributed by atoms with van der Waals surface area (Å²) in [5.41, 5.74) is 0. The third kappa shape index (κ3) is 8.45. The van der Waals surface area contributed by atoms with Gasteiger partial charge >= 0.3 is 7.68 Å². The lowest BCUT2D eigenvalue weighted by molar-refractivity contribution is 0.222. The topological polar surface area (TPSA) is 26.3 Å². The quantitative estimate of drug-likeness (QED) is 0.593. The highest BCUT2D eigenvalue weighted by atomic mass is 31.2. The second kappa shape index (κ2) is 6.56. The van der Waals surface area contributed by atoms with Crippen molar-refractivity contribution >= 4 is 7.68 Å². The number of rotatable bonds is 7. The molecule has 4 heteroatoms. The maximum atomic E-state index is 12.5. The molecule has 2 unspecified atom stereocenters. The van der Waals surface area contributed by atoms with Gasteiger partial charge in [-0.25, -0.2) is 0 Å². The predicted octanol–water partition coefficient (Wildman–Crippen LogP) is 4.01. The molecule has 0 aliphatic rings. The molecule has 0 rings (SSSR count). The molecule has 0 aromatic rings. The van der Waals surface area contributed by atoms with Crippen LogP contribution in [-0.2, 0) is 9.09 Å². The van der Waals surface area contributed by atoms with Gasteiger partial charge in [0.15, 0.2) is 0 Å². The van der Waals surface area contributed by atoms with Gasteiger partial charge in [0.25, 0.3) is 0 Å². The number of hydrogen-bond donors (Lipinski definition) is 0. The van der Waals surface area contributed by atoms with Gasteiger partial charge in [0.05, 0.1) is 6.61 Å². The third-order valence-corrected chi connectivity index (χ3v) is 2.69. The molecule has 2 atom stereocenters. The van der Waals surface area contributed by atoms with E-state index in [2.05, 4.69) is 11.4 Å². The van der Waals surface area contributed by atoms with Gasteiger partial charge in [-0.2, -0.15) is 4.20 Å². The van der Waals surface area contributed by atoms with Crippen LogP contribution in [0.15, 0.2) is 0 Å². The van der Waals surface area contributed by atoms with E-state index in [-0.39, 0.29) is 0 Å². The summed E-state index contributed by atoms with van der Waals surface area (Å²) in [6.07, 6.45) is 4.26. The van der Waals surface area contributed by atoms with Crippen molar-refractivity contribution < 1.29 is 13.3 Å². The van der Waals surface area contributed by atoms with Crippen molar-refractivity contribution in [3.63, 3.8) is 0 Å². The molecule has 0 radical (unpaired) electrons. The summed E-state index contributed by atoms with van der Waals surface area (Å²) in [5.74, 6) is 0.351. The van der Waals surface area contributed by atoms with Crippen molar-refractivity contribution in [3.05, 3.63) is 0 Å². The van der Waals surface area contributed by atoms with Crippen molar-refractivity contribution in [2.45, 2.75) is 39.5 Å². The zero-order chi connectivity index (χ0) is 10.3.